The molecule has 1 fully saturated rings. The number of phenols is 1. The Balaban J connectivity index is 1.41. The van der Waals surface area contributed by atoms with E-state index >= 15 is 0 Å². The molecule has 2 N–H and O–H groups in total. The van der Waals surface area contributed by atoms with Crippen molar-refractivity contribution in [1.82, 2.24) is 4.90 Å². The minimum Gasteiger partial charge on any atom is -0.507 e. The molecule has 1 aromatic carbocycles. The Labute approximate surface area is 209 Å². The fourth-order valence-corrected chi connectivity index (χ4v) is 7.12. The van der Waals surface area contributed by atoms with Crippen molar-refractivity contribution >= 4 is 28.6 Å². The zero-order valence-electron chi connectivity index (χ0n) is 20.2. The third-order valence-electron chi connectivity index (χ3n) is 8.64. The van der Waals surface area contributed by atoms with Crippen molar-refractivity contribution in [2.24, 2.45) is 0 Å². The molecule has 7 rings (SSSR count). The lowest BCUT2D eigenvalue weighted by atomic mass is 9.80. The molecule has 1 saturated heterocycles. The lowest BCUT2D eigenvalue weighted by Gasteiger charge is -2.40. The predicted octanol–water partition coefficient (Wildman–Crippen LogP) is 3.46. The topological polar surface area (TPSA) is 98.2 Å². The van der Waals surface area contributed by atoms with E-state index in [0.717, 1.165) is 92.8 Å². The molecule has 7 heteroatoms. The molecule has 1 aromatic rings. The SMILES string of the molecule is O=C1C(=O)/C(=C2\C=C3CCCN4CCCC(=C34)C2=O)C(O)=C1c1cc2c3c(c1O)CCCN3CCC2. The Bertz CT molecular complexity index is 1420. The van der Waals surface area contributed by atoms with Crippen LogP contribution in [0.5, 0.6) is 5.75 Å². The van der Waals surface area contributed by atoms with E-state index in [9.17, 15) is 24.6 Å². The number of Topliss-reactive ketones (excluding diaryl/α,β-unsaturated/α-hetero) is 3. The second-order valence-electron chi connectivity index (χ2n) is 10.6. The summed E-state index contributed by atoms with van der Waals surface area (Å²) in [5.41, 5.74) is 5.44. The number of allylic oxidation sites excluding steroid dienone is 6. The average Bonchev–Trinajstić information content (AvgIpc) is 3.11. The smallest absolute Gasteiger partial charge is 0.238 e. The molecule has 4 aliphatic heterocycles. The second kappa shape index (κ2) is 7.69. The minimum atomic E-state index is -0.873. The van der Waals surface area contributed by atoms with Gasteiger partial charge < -0.3 is 20.0 Å². The zero-order valence-corrected chi connectivity index (χ0v) is 20.2. The van der Waals surface area contributed by atoms with E-state index < -0.39 is 17.3 Å². The lowest BCUT2D eigenvalue weighted by Crippen LogP contribution is -2.37. The molecule has 0 saturated carbocycles. The van der Waals surface area contributed by atoms with E-state index in [0.29, 0.717) is 18.4 Å². The summed E-state index contributed by atoms with van der Waals surface area (Å²) in [7, 11) is 0. The highest BCUT2D eigenvalue weighted by atomic mass is 16.3. The Kier molecular flexibility index (Phi) is 4.63. The minimum absolute atomic E-state index is 0.0391. The maximum Gasteiger partial charge on any atom is 0.238 e. The molecule has 6 aliphatic rings. The van der Waals surface area contributed by atoms with Crippen molar-refractivity contribution in [2.45, 2.75) is 51.4 Å². The van der Waals surface area contributed by atoms with Gasteiger partial charge in [-0.2, -0.15) is 0 Å². The van der Waals surface area contributed by atoms with Gasteiger partial charge in [-0.15, -0.1) is 0 Å². The summed E-state index contributed by atoms with van der Waals surface area (Å²) in [6.45, 7) is 3.71. The fraction of sp³-hybridized carbons (Fsp3) is 0.414. The van der Waals surface area contributed by atoms with Gasteiger partial charge in [-0.3, -0.25) is 14.4 Å². The largest absolute Gasteiger partial charge is 0.507 e. The van der Waals surface area contributed by atoms with Gasteiger partial charge in [0.15, 0.2) is 5.78 Å². The number of carbonyl (C=O) groups excluding carboxylic acids is 3. The van der Waals surface area contributed by atoms with Gasteiger partial charge in [-0.25, -0.2) is 0 Å². The molecule has 2 aliphatic carbocycles. The van der Waals surface area contributed by atoms with Crippen molar-refractivity contribution in [2.75, 3.05) is 31.1 Å². The number of phenolic OH excluding ortho intramolecular Hbond substituents is 1. The number of benzene rings is 1. The zero-order chi connectivity index (χ0) is 24.7. The Hall–Kier alpha value is -3.61. The molecule has 184 valence electrons. The summed E-state index contributed by atoms with van der Waals surface area (Å²) in [6.07, 6.45) is 8.33. The highest BCUT2D eigenvalue weighted by molar-refractivity contribution is 6.63. The molecule has 0 unspecified atom stereocenters. The second-order valence-corrected chi connectivity index (χ2v) is 10.6. The van der Waals surface area contributed by atoms with Crippen LogP contribution in [0.15, 0.2) is 45.9 Å². The first-order chi connectivity index (χ1) is 17.5. The van der Waals surface area contributed by atoms with Gasteiger partial charge in [0.25, 0.3) is 0 Å². The molecule has 0 radical (unpaired) electrons. The van der Waals surface area contributed by atoms with E-state index in [1.54, 1.807) is 12.1 Å². The number of aliphatic hydroxyl groups is 1. The molecule has 0 bridgehead atoms. The van der Waals surface area contributed by atoms with Crippen LogP contribution in [0, 0.1) is 0 Å². The summed E-state index contributed by atoms with van der Waals surface area (Å²) in [5, 5.41) is 22.6. The normalized spacial score (nSPS) is 25.4. The molecular formula is C29H28N2O5. The molecule has 0 spiro atoms. The van der Waals surface area contributed by atoms with Crippen molar-refractivity contribution in [3.8, 4) is 5.75 Å². The Morgan fingerprint density at radius 3 is 2.19 bits per heavy atom. The number of piperidine rings is 1. The number of aliphatic hydroxyl groups excluding tert-OH is 1. The van der Waals surface area contributed by atoms with Crippen LogP contribution in [-0.2, 0) is 27.2 Å². The summed E-state index contributed by atoms with van der Waals surface area (Å²) < 4.78 is 0. The first-order valence-electron chi connectivity index (χ1n) is 13.1. The van der Waals surface area contributed by atoms with Crippen LogP contribution in [0.2, 0.25) is 0 Å². The molecular weight excluding hydrogens is 456 g/mol. The summed E-state index contributed by atoms with van der Waals surface area (Å²) in [5.74, 6) is -2.53. The van der Waals surface area contributed by atoms with E-state index in [-0.39, 0.29) is 33.8 Å². The van der Waals surface area contributed by atoms with Gasteiger partial charge >= 0.3 is 0 Å². The summed E-state index contributed by atoms with van der Waals surface area (Å²) in [4.78, 5) is 44.7. The molecule has 0 amide bonds. The number of rotatable bonds is 1. The van der Waals surface area contributed by atoms with Crippen LogP contribution in [0.25, 0.3) is 5.57 Å². The van der Waals surface area contributed by atoms with Gasteiger partial charge in [-0.05, 0) is 74.6 Å². The highest BCUT2D eigenvalue weighted by Crippen LogP contribution is 2.47. The number of aryl methyl sites for hydroxylation is 1. The van der Waals surface area contributed by atoms with E-state index in [4.69, 9.17) is 0 Å². The number of hydrogen-bond acceptors (Lipinski definition) is 7. The Morgan fingerprint density at radius 2 is 1.39 bits per heavy atom. The van der Waals surface area contributed by atoms with Crippen LogP contribution in [-0.4, -0.2) is 58.6 Å². The molecule has 36 heavy (non-hydrogen) atoms. The van der Waals surface area contributed by atoms with Gasteiger partial charge in [0, 0.05) is 59.8 Å². The summed E-state index contributed by atoms with van der Waals surface area (Å²) in [6, 6.07) is 1.76. The lowest BCUT2D eigenvalue weighted by molar-refractivity contribution is -0.130. The van der Waals surface area contributed by atoms with Crippen molar-refractivity contribution in [1.29, 1.82) is 0 Å². The van der Waals surface area contributed by atoms with Gasteiger partial charge in [-0.1, -0.05) is 0 Å². The first kappa shape index (κ1) is 21.7. The first-order valence-corrected chi connectivity index (χ1v) is 13.1. The van der Waals surface area contributed by atoms with Crippen LogP contribution in [0.1, 0.15) is 55.2 Å². The van der Waals surface area contributed by atoms with Gasteiger partial charge in [0.2, 0.25) is 11.6 Å². The number of nitrogens with zero attached hydrogens (tertiary/aromatic N) is 2. The fourth-order valence-electron chi connectivity index (χ4n) is 7.12. The van der Waals surface area contributed by atoms with Crippen LogP contribution < -0.4 is 4.90 Å². The standard InChI is InChI=1S/C29H28N2O5/c32-25-17-7-3-11-30-9-1-5-15(23(17)30)13-19(25)21-27(34)22(29(36)28(21)35)20-14-16-6-2-10-31-12-4-8-18(24(16)31)26(20)33/h13-14,32,34H,1-12H2/b22-20+. The molecule has 7 nitrogen and oxygen atoms in total. The maximum atomic E-state index is 13.6. The van der Waals surface area contributed by atoms with E-state index in [1.165, 1.54) is 0 Å². The predicted molar refractivity (Wildman–Crippen MR) is 134 cm³/mol. The van der Waals surface area contributed by atoms with Gasteiger partial charge in [0.05, 0.1) is 11.1 Å². The monoisotopic (exact) mass is 484 g/mol. The third-order valence-corrected chi connectivity index (χ3v) is 8.64. The quantitative estimate of drug-likeness (QED) is 0.465. The highest BCUT2D eigenvalue weighted by Gasteiger charge is 2.44. The van der Waals surface area contributed by atoms with Crippen molar-refractivity contribution in [3.05, 3.63) is 62.6 Å². The van der Waals surface area contributed by atoms with Crippen LogP contribution in [0.3, 0.4) is 0 Å². The number of carbonyl (C=O) groups is 3. The Morgan fingerprint density at radius 1 is 0.722 bits per heavy atom. The average molecular weight is 485 g/mol. The van der Waals surface area contributed by atoms with E-state index in [1.807, 2.05) is 0 Å². The molecule has 4 heterocycles. The number of anilines is 1. The maximum absolute atomic E-state index is 13.6. The number of ketones is 3. The van der Waals surface area contributed by atoms with Gasteiger partial charge in [0.1, 0.15) is 11.5 Å². The van der Waals surface area contributed by atoms with Crippen LogP contribution in [0.4, 0.5) is 5.69 Å². The van der Waals surface area contributed by atoms with Crippen LogP contribution >= 0.6 is 0 Å². The third kappa shape index (κ3) is 2.83. The summed E-state index contributed by atoms with van der Waals surface area (Å²) >= 11 is 0. The van der Waals surface area contributed by atoms with E-state index in [2.05, 4.69) is 9.80 Å². The molecule has 0 aromatic heterocycles. The van der Waals surface area contributed by atoms with Crippen molar-refractivity contribution < 1.29 is 24.6 Å². The number of hydrogen-bond donors (Lipinski definition) is 2. The van der Waals surface area contributed by atoms with Crippen molar-refractivity contribution in [3.63, 3.8) is 0 Å². The number of aromatic hydroxyl groups is 1. The molecule has 0 atom stereocenters.